The zero-order chi connectivity index (χ0) is 25.3. The Morgan fingerprint density at radius 1 is 1.09 bits per heavy atom. The van der Waals surface area contributed by atoms with E-state index in [0.717, 1.165) is 36.2 Å². The van der Waals surface area contributed by atoms with Crippen molar-refractivity contribution < 1.29 is 9.84 Å². The fourth-order valence-corrected chi connectivity index (χ4v) is 9.99. The zero-order valence-corrected chi connectivity index (χ0v) is 23.9. The number of rotatable bonds is 6. The van der Waals surface area contributed by atoms with Crippen LogP contribution in [0.1, 0.15) is 113 Å². The van der Waals surface area contributed by atoms with Crippen molar-refractivity contribution in [2.45, 2.75) is 125 Å². The van der Waals surface area contributed by atoms with Gasteiger partial charge in [0.15, 0.2) is 0 Å². The standard InChI is InChI=1S/C32H54O2/c1-21(11-12-22(2)29(5,6)33)23-15-19-32(9)25-13-14-26-28(3,4)27(34-10)17-18-30(26,7)24(25)16-20-31(23,32)8/h16,21,23,25-27,33H,2,11-15,17-20H2,1,3-10H3/t21-,23-,25-,26+,27+,30-,31-,32+/m1/s1. The van der Waals surface area contributed by atoms with Gasteiger partial charge in [0.2, 0.25) is 0 Å². The molecule has 8 atom stereocenters. The third kappa shape index (κ3) is 3.71. The Kier molecular flexibility index (Phi) is 6.60. The molecule has 0 aromatic rings. The Balaban J connectivity index is 1.59. The molecule has 0 bridgehead atoms. The monoisotopic (exact) mass is 470 g/mol. The summed E-state index contributed by atoms with van der Waals surface area (Å²) < 4.78 is 6.00. The van der Waals surface area contributed by atoms with Crippen LogP contribution in [-0.2, 0) is 4.74 Å². The largest absolute Gasteiger partial charge is 0.386 e. The molecule has 2 nitrogen and oxygen atoms in total. The van der Waals surface area contributed by atoms with Gasteiger partial charge in [-0.05, 0) is 123 Å². The lowest BCUT2D eigenvalue weighted by Gasteiger charge is -2.64. The van der Waals surface area contributed by atoms with E-state index in [0.29, 0.717) is 28.3 Å². The van der Waals surface area contributed by atoms with E-state index in [2.05, 4.69) is 54.2 Å². The van der Waals surface area contributed by atoms with Crippen molar-refractivity contribution in [2.75, 3.05) is 7.11 Å². The molecule has 4 aliphatic carbocycles. The quantitative estimate of drug-likeness (QED) is 0.395. The van der Waals surface area contributed by atoms with Crippen molar-refractivity contribution in [1.82, 2.24) is 0 Å². The van der Waals surface area contributed by atoms with Crippen LogP contribution >= 0.6 is 0 Å². The van der Waals surface area contributed by atoms with Crippen LogP contribution in [0.25, 0.3) is 0 Å². The average Bonchev–Trinajstić information content (AvgIpc) is 3.02. The van der Waals surface area contributed by atoms with E-state index in [1.165, 1.54) is 44.9 Å². The predicted octanol–water partition coefficient (Wildman–Crippen LogP) is 8.35. The Labute approximate surface area is 211 Å². The minimum atomic E-state index is -0.764. The van der Waals surface area contributed by atoms with E-state index in [-0.39, 0.29) is 5.41 Å². The summed E-state index contributed by atoms with van der Waals surface area (Å²) in [6, 6.07) is 0. The maximum atomic E-state index is 10.3. The summed E-state index contributed by atoms with van der Waals surface area (Å²) in [5.41, 5.74) is 3.40. The minimum Gasteiger partial charge on any atom is -0.386 e. The average molecular weight is 471 g/mol. The first-order valence-electron chi connectivity index (χ1n) is 14.3. The highest BCUT2D eigenvalue weighted by molar-refractivity contribution is 5.32. The van der Waals surface area contributed by atoms with E-state index in [1.807, 2.05) is 26.5 Å². The zero-order valence-electron chi connectivity index (χ0n) is 23.9. The number of ether oxygens (including phenoxy) is 1. The molecule has 0 spiro atoms. The van der Waals surface area contributed by atoms with Crippen molar-refractivity contribution in [1.29, 1.82) is 0 Å². The Hall–Kier alpha value is -0.600. The van der Waals surface area contributed by atoms with Crippen LogP contribution in [0, 0.1) is 45.3 Å². The summed E-state index contributed by atoms with van der Waals surface area (Å²) in [6.07, 6.45) is 14.4. The second-order valence-electron chi connectivity index (χ2n) is 14.7. The van der Waals surface area contributed by atoms with Gasteiger partial charge in [-0.2, -0.15) is 0 Å². The van der Waals surface area contributed by atoms with Crippen molar-refractivity contribution in [2.24, 2.45) is 45.3 Å². The van der Waals surface area contributed by atoms with E-state index < -0.39 is 5.60 Å². The molecule has 34 heavy (non-hydrogen) atoms. The number of allylic oxidation sites excluding steroid dienone is 2. The summed E-state index contributed by atoms with van der Waals surface area (Å²) in [7, 11) is 1.92. The smallest absolute Gasteiger partial charge is 0.0798 e. The number of hydrogen-bond acceptors (Lipinski definition) is 2. The SMILES string of the molecule is C=C(CC[C@@H](C)[C@H]1CC[C@@]2(C)[C@@H]3CC[C@H]4C(C)(C)[C@@H](OC)CC[C@]4(C)C3=CC[C@]12C)C(C)(C)O. The van der Waals surface area contributed by atoms with Gasteiger partial charge in [-0.3, -0.25) is 0 Å². The van der Waals surface area contributed by atoms with Gasteiger partial charge in [0.25, 0.3) is 0 Å². The summed E-state index contributed by atoms with van der Waals surface area (Å²) in [5.74, 6) is 2.89. The van der Waals surface area contributed by atoms with Gasteiger partial charge in [0.05, 0.1) is 11.7 Å². The number of aliphatic hydroxyl groups is 1. The predicted molar refractivity (Wildman–Crippen MR) is 144 cm³/mol. The second-order valence-corrected chi connectivity index (χ2v) is 14.7. The van der Waals surface area contributed by atoms with Crippen LogP contribution in [0.3, 0.4) is 0 Å². The summed E-state index contributed by atoms with van der Waals surface area (Å²) in [4.78, 5) is 0. The van der Waals surface area contributed by atoms with Gasteiger partial charge < -0.3 is 9.84 Å². The second kappa shape index (κ2) is 8.47. The van der Waals surface area contributed by atoms with Gasteiger partial charge in [-0.15, -0.1) is 0 Å². The molecule has 3 fully saturated rings. The van der Waals surface area contributed by atoms with E-state index in [1.54, 1.807) is 0 Å². The van der Waals surface area contributed by atoms with E-state index in [4.69, 9.17) is 4.74 Å². The molecule has 1 N–H and O–H groups in total. The van der Waals surface area contributed by atoms with Crippen molar-refractivity contribution >= 4 is 0 Å². The first-order valence-corrected chi connectivity index (χ1v) is 14.3. The molecule has 4 aliphatic rings. The fourth-order valence-electron chi connectivity index (χ4n) is 9.99. The van der Waals surface area contributed by atoms with Crippen LogP contribution in [0.5, 0.6) is 0 Å². The van der Waals surface area contributed by atoms with E-state index in [9.17, 15) is 5.11 Å². The third-order valence-corrected chi connectivity index (χ3v) is 12.6. The molecule has 0 aromatic carbocycles. The number of methoxy groups -OCH3 is 1. The molecule has 0 heterocycles. The molecule has 0 aliphatic heterocycles. The maximum absolute atomic E-state index is 10.3. The molecule has 2 heteroatoms. The van der Waals surface area contributed by atoms with Gasteiger partial charge in [-0.1, -0.05) is 59.8 Å². The van der Waals surface area contributed by atoms with Crippen molar-refractivity contribution in [3.05, 3.63) is 23.8 Å². The van der Waals surface area contributed by atoms with Gasteiger partial charge >= 0.3 is 0 Å². The maximum Gasteiger partial charge on any atom is 0.0798 e. The molecule has 4 rings (SSSR count). The normalized spacial score (nSPS) is 44.5. The third-order valence-electron chi connectivity index (χ3n) is 12.6. The molecule has 0 saturated heterocycles. The van der Waals surface area contributed by atoms with Crippen molar-refractivity contribution in [3.63, 3.8) is 0 Å². The summed E-state index contributed by atoms with van der Waals surface area (Å²) in [5, 5.41) is 10.3. The lowest BCUT2D eigenvalue weighted by atomic mass is 9.41. The lowest BCUT2D eigenvalue weighted by Crippen LogP contribution is -2.58. The Bertz CT molecular complexity index is 830. The first kappa shape index (κ1) is 26.5. The topological polar surface area (TPSA) is 29.5 Å². The molecule has 0 unspecified atom stereocenters. The van der Waals surface area contributed by atoms with Crippen LogP contribution in [0.4, 0.5) is 0 Å². The molecular weight excluding hydrogens is 416 g/mol. The summed E-state index contributed by atoms with van der Waals surface area (Å²) >= 11 is 0. The summed E-state index contributed by atoms with van der Waals surface area (Å²) in [6.45, 7) is 23.3. The minimum absolute atomic E-state index is 0.241. The highest BCUT2D eigenvalue weighted by Gasteiger charge is 2.65. The van der Waals surface area contributed by atoms with Gasteiger partial charge in [-0.25, -0.2) is 0 Å². The number of fused-ring (bicyclic) bond motifs is 5. The van der Waals surface area contributed by atoms with Gasteiger partial charge in [0.1, 0.15) is 0 Å². The molecule has 0 amide bonds. The Morgan fingerprint density at radius 2 is 1.76 bits per heavy atom. The highest BCUT2D eigenvalue weighted by Crippen LogP contribution is 2.73. The highest BCUT2D eigenvalue weighted by atomic mass is 16.5. The molecular formula is C32H54O2. The fraction of sp³-hybridized carbons (Fsp3) is 0.875. The van der Waals surface area contributed by atoms with Crippen LogP contribution < -0.4 is 0 Å². The molecule has 0 aromatic heterocycles. The van der Waals surface area contributed by atoms with Crippen LogP contribution in [0.2, 0.25) is 0 Å². The van der Waals surface area contributed by atoms with E-state index >= 15 is 0 Å². The van der Waals surface area contributed by atoms with Gasteiger partial charge in [0, 0.05) is 7.11 Å². The lowest BCUT2D eigenvalue weighted by molar-refractivity contribution is -0.130. The van der Waals surface area contributed by atoms with Crippen molar-refractivity contribution in [3.8, 4) is 0 Å². The van der Waals surface area contributed by atoms with Crippen LogP contribution in [-0.4, -0.2) is 23.9 Å². The van der Waals surface area contributed by atoms with Crippen LogP contribution in [0.15, 0.2) is 23.8 Å². The first-order chi connectivity index (χ1) is 15.6. The molecule has 0 radical (unpaired) electrons. The molecule has 3 saturated carbocycles. The Morgan fingerprint density at radius 3 is 2.38 bits per heavy atom. The number of hydrogen-bond donors (Lipinski definition) is 1. The molecule has 194 valence electrons.